The molecule has 0 fully saturated rings. The van der Waals surface area contributed by atoms with Gasteiger partial charge in [-0.1, -0.05) is 56.3 Å². The first-order chi connectivity index (χ1) is 15.9. The number of hydrogen-bond donors (Lipinski definition) is 3. The molecule has 3 N–H and O–H groups in total. The Balaban J connectivity index is 1.64. The molecule has 0 aromatic heterocycles. The molecular formula is C25H27NO6S2. The molecule has 0 saturated heterocycles. The summed E-state index contributed by atoms with van der Waals surface area (Å²) in [6.45, 7) is 4.54. The lowest BCUT2D eigenvalue weighted by Gasteiger charge is -2.28. The number of allylic oxidation sites excluding steroid dienone is 6. The number of ketones is 1. The Morgan fingerprint density at radius 1 is 1.00 bits per heavy atom. The highest BCUT2D eigenvalue weighted by molar-refractivity contribution is 8.28. The number of para-hydroxylation sites is 1. The van der Waals surface area contributed by atoms with E-state index >= 15 is 0 Å². The van der Waals surface area contributed by atoms with Crippen molar-refractivity contribution >= 4 is 32.2 Å². The summed E-state index contributed by atoms with van der Waals surface area (Å²) in [6.07, 6.45) is 6.91. The first-order valence-corrected chi connectivity index (χ1v) is 13.9. The average Bonchev–Trinajstić information content (AvgIpc) is 3.10. The van der Waals surface area contributed by atoms with Crippen LogP contribution in [0.4, 0.5) is 5.69 Å². The van der Waals surface area contributed by atoms with Gasteiger partial charge in [-0.05, 0) is 42.3 Å². The van der Waals surface area contributed by atoms with E-state index in [1.54, 1.807) is 36.4 Å². The van der Waals surface area contributed by atoms with Crippen molar-refractivity contribution in [3.05, 3.63) is 94.6 Å². The SMILES string of the molecule is CC1(C)C(=CC=CC=C2C(=O)c3ccccc3S2(O)O)N(CCCS(=O)(=O)O)c2ccccc21. The second-order valence-corrected chi connectivity index (χ2v) is 12.3. The van der Waals surface area contributed by atoms with E-state index < -0.39 is 26.5 Å². The van der Waals surface area contributed by atoms with Crippen molar-refractivity contribution in [1.29, 1.82) is 0 Å². The lowest BCUT2D eigenvalue weighted by molar-refractivity contribution is 0.104. The van der Waals surface area contributed by atoms with Gasteiger partial charge >= 0.3 is 0 Å². The van der Waals surface area contributed by atoms with Gasteiger partial charge in [0.2, 0.25) is 5.78 Å². The first kappa shape index (κ1) is 24.4. The molecule has 0 saturated carbocycles. The minimum Gasteiger partial charge on any atom is -0.344 e. The predicted octanol–water partition coefficient (Wildman–Crippen LogP) is 5.39. The van der Waals surface area contributed by atoms with Crippen LogP contribution in [0, 0.1) is 0 Å². The van der Waals surface area contributed by atoms with Crippen molar-refractivity contribution in [1.82, 2.24) is 0 Å². The summed E-state index contributed by atoms with van der Waals surface area (Å²) in [5, 5.41) is 0. The Kier molecular flexibility index (Phi) is 6.34. The average molecular weight is 502 g/mol. The van der Waals surface area contributed by atoms with Crippen LogP contribution in [0.15, 0.2) is 88.3 Å². The van der Waals surface area contributed by atoms with Crippen LogP contribution in [0.25, 0.3) is 0 Å². The Morgan fingerprint density at radius 3 is 2.35 bits per heavy atom. The molecule has 2 aromatic rings. The maximum absolute atomic E-state index is 12.7. The number of rotatable bonds is 6. The van der Waals surface area contributed by atoms with Gasteiger partial charge in [-0.25, -0.2) is 0 Å². The van der Waals surface area contributed by atoms with Gasteiger partial charge in [0.1, 0.15) is 4.91 Å². The molecule has 34 heavy (non-hydrogen) atoms. The van der Waals surface area contributed by atoms with Crippen molar-refractivity contribution in [2.45, 2.75) is 30.6 Å². The van der Waals surface area contributed by atoms with Crippen LogP contribution in [-0.4, -0.2) is 40.2 Å². The van der Waals surface area contributed by atoms with Crippen molar-refractivity contribution in [3.63, 3.8) is 0 Å². The van der Waals surface area contributed by atoms with Crippen molar-refractivity contribution in [2.75, 3.05) is 17.2 Å². The maximum atomic E-state index is 12.7. The van der Waals surface area contributed by atoms with Crippen LogP contribution in [0.3, 0.4) is 0 Å². The Bertz CT molecular complexity index is 1340. The third-order valence-electron chi connectivity index (χ3n) is 6.16. The van der Waals surface area contributed by atoms with Crippen LogP contribution < -0.4 is 4.90 Å². The normalized spacial score (nSPS) is 21.9. The largest absolute Gasteiger partial charge is 0.344 e. The van der Waals surface area contributed by atoms with Crippen LogP contribution in [0.2, 0.25) is 0 Å². The van der Waals surface area contributed by atoms with Crippen LogP contribution in [-0.2, 0) is 15.5 Å². The van der Waals surface area contributed by atoms with Crippen molar-refractivity contribution < 1.29 is 26.9 Å². The highest BCUT2D eigenvalue weighted by atomic mass is 32.3. The van der Waals surface area contributed by atoms with Gasteiger partial charge in [0.15, 0.2) is 0 Å². The van der Waals surface area contributed by atoms with Gasteiger partial charge in [-0.15, -0.1) is 10.6 Å². The fraction of sp³-hybridized carbons (Fsp3) is 0.240. The molecule has 2 aliphatic rings. The summed E-state index contributed by atoms with van der Waals surface area (Å²) in [7, 11) is -7.40. The molecule has 0 unspecified atom stereocenters. The number of hydrogen-bond acceptors (Lipinski definition) is 6. The molecule has 0 atom stereocenters. The molecule has 0 spiro atoms. The molecule has 0 radical (unpaired) electrons. The van der Waals surface area contributed by atoms with Crippen LogP contribution >= 0.6 is 10.6 Å². The molecule has 2 heterocycles. The molecule has 2 aliphatic heterocycles. The molecule has 4 rings (SSSR count). The molecule has 2 aromatic carbocycles. The van der Waals surface area contributed by atoms with Gasteiger partial charge < -0.3 is 4.90 Å². The first-order valence-electron chi connectivity index (χ1n) is 10.8. The van der Waals surface area contributed by atoms with E-state index in [4.69, 9.17) is 4.55 Å². The van der Waals surface area contributed by atoms with E-state index in [2.05, 4.69) is 13.8 Å². The zero-order valence-corrected chi connectivity index (χ0v) is 20.5. The Hall–Kier alpha value is -2.69. The molecule has 180 valence electrons. The number of Topliss-reactive ketones (excluding diaryl/α,β-unsaturated/α-hetero) is 1. The summed E-state index contributed by atoms with van der Waals surface area (Å²) in [5.74, 6) is -0.727. The summed E-state index contributed by atoms with van der Waals surface area (Å²) < 4.78 is 52.7. The van der Waals surface area contributed by atoms with E-state index in [-0.39, 0.29) is 27.4 Å². The van der Waals surface area contributed by atoms with E-state index in [0.717, 1.165) is 16.9 Å². The zero-order chi connectivity index (χ0) is 24.7. The Labute approximate surface area is 201 Å². The smallest absolute Gasteiger partial charge is 0.264 e. The monoisotopic (exact) mass is 501 g/mol. The molecule has 7 nitrogen and oxygen atoms in total. The van der Waals surface area contributed by atoms with Gasteiger partial charge in [-0.2, -0.15) is 8.42 Å². The number of fused-ring (bicyclic) bond motifs is 2. The topological polar surface area (TPSA) is 115 Å². The molecular weight excluding hydrogens is 474 g/mol. The molecule has 0 amide bonds. The minimum absolute atomic E-state index is 0.0395. The molecule has 0 bridgehead atoms. The number of benzene rings is 2. The lowest BCUT2D eigenvalue weighted by atomic mass is 9.84. The fourth-order valence-electron chi connectivity index (χ4n) is 4.53. The highest BCUT2D eigenvalue weighted by Crippen LogP contribution is 2.62. The quantitative estimate of drug-likeness (QED) is 0.359. The standard InChI is InChI=1S/C25H27NO6S2/c1-25(2)19-11-4-5-12-20(19)26(16-9-17-33(28,29)30)23(25)15-8-7-14-22-24(27)18-10-3-6-13-21(18)34(22,31)32/h3-8,10-15,31-32H,9,16-17H2,1-2H3,(H,28,29,30). The fourth-order valence-corrected chi connectivity index (χ4v) is 6.63. The number of nitrogens with zero attached hydrogens (tertiary/aromatic N) is 1. The second-order valence-electron chi connectivity index (χ2n) is 8.78. The van der Waals surface area contributed by atoms with Crippen molar-refractivity contribution in [2.24, 2.45) is 0 Å². The molecule has 9 heteroatoms. The van der Waals surface area contributed by atoms with Gasteiger partial charge in [0, 0.05) is 28.9 Å². The number of carbonyl (C=O) groups excluding carboxylic acids is 1. The van der Waals surface area contributed by atoms with Crippen LogP contribution in [0.5, 0.6) is 0 Å². The summed E-state index contributed by atoms with van der Waals surface area (Å²) in [6, 6.07) is 14.4. The summed E-state index contributed by atoms with van der Waals surface area (Å²) >= 11 is 0. The Morgan fingerprint density at radius 2 is 1.65 bits per heavy atom. The second kappa shape index (κ2) is 8.83. The number of anilines is 1. The zero-order valence-electron chi connectivity index (χ0n) is 18.9. The van der Waals surface area contributed by atoms with Gasteiger partial charge in [-0.3, -0.25) is 18.5 Å². The van der Waals surface area contributed by atoms with E-state index in [0.29, 0.717) is 12.1 Å². The van der Waals surface area contributed by atoms with E-state index in [1.165, 1.54) is 6.08 Å². The summed E-state index contributed by atoms with van der Waals surface area (Å²) in [4.78, 5) is 14.9. The number of carbonyl (C=O) groups is 1. The van der Waals surface area contributed by atoms with Gasteiger partial charge in [0.25, 0.3) is 10.1 Å². The third kappa shape index (κ3) is 4.37. The predicted molar refractivity (Wildman–Crippen MR) is 135 cm³/mol. The third-order valence-corrected chi connectivity index (χ3v) is 8.87. The summed E-state index contributed by atoms with van der Waals surface area (Å²) in [5.41, 5.74) is 2.92. The van der Waals surface area contributed by atoms with E-state index in [9.17, 15) is 22.3 Å². The highest BCUT2D eigenvalue weighted by Gasteiger charge is 2.40. The molecule has 0 aliphatic carbocycles. The van der Waals surface area contributed by atoms with Gasteiger partial charge in [0.05, 0.1) is 10.6 Å². The van der Waals surface area contributed by atoms with E-state index in [1.807, 2.05) is 35.2 Å². The van der Waals surface area contributed by atoms with Crippen molar-refractivity contribution in [3.8, 4) is 0 Å². The maximum Gasteiger partial charge on any atom is 0.264 e. The minimum atomic E-state index is -4.05. The van der Waals surface area contributed by atoms with Crippen LogP contribution in [0.1, 0.15) is 36.2 Å². The lowest BCUT2D eigenvalue weighted by Crippen LogP contribution is -2.28.